The van der Waals surface area contributed by atoms with E-state index in [4.69, 9.17) is 5.10 Å². The fourth-order valence-corrected chi connectivity index (χ4v) is 3.34. The number of hydrogen-bond donors (Lipinski definition) is 0. The first-order valence-electron chi connectivity index (χ1n) is 8.74. The maximum atomic E-state index is 13.0. The molecule has 2 aromatic carbocycles. The number of carbonyl (C=O) groups excluding carboxylic acids is 1. The van der Waals surface area contributed by atoms with Crippen molar-refractivity contribution in [1.82, 2.24) is 14.7 Å². The number of benzene rings is 2. The summed E-state index contributed by atoms with van der Waals surface area (Å²) in [6.45, 7) is 3.73. The van der Waals surface area contributed by atoms with E-state index < -0.39 is 0 Å². The second kappa shape index (κ2) is 6.55. The lowest BCUT2D eigenvalue weighted by atomic mass is 10.1. The quantitative estimate of drug-likeness (QED) is 0.725. The average molecular weight is 331 g/mol. The van der Waals surface area contributed by atoms with E-state index >= 15 is 0 Å². The molecule has 1 aliphatic heterocycles. The molecule has 25 heavy (non-hydrogen) atoms. The molecule has 0 radical (unpaired) electrons. The second-order valence-electron chi connectivity index (χ2n) is 6.54. The normalized spacial score (nSPS) is 14.0. The SMILES string of the molecule is Cc1cccc(-c2nn(-c3ccccc3)cc2C(=O)N2CCCC2)c1. The topological polar surface area (TPSA) is 38.1 Å². The predicted molar refractivity (Wildman–Crippen MR) is 98.9 cm³/mol. The standard InChI is InChI=1S/C21H21N3O/c1-16-8-7-9-17(14-16)20-19(21(25)23-12-5-6-13-23)15-24(22-20)18-10-3-2-4-11-18/h2-4,7-11,14-15H,5-6,12-13H2,1H3. The van der Waals surface area contributed by atoms with Crippen LogP contribution in [0.2, 0.25) is 0 Å². The summed E-state index contributed by atoms with van der Waals surface area (Å²) in [6, 6.07) is 18.1. The Hall–Kier alpha value is -2.88. The smallest absolute Gasteiger partial charge is 0.257 e. The lowest BCUT2D eigenvalue weighted by molar-refractivity contribution is 0.0793. The van der Waals surface area contributed by atoms with E-state index in [2.05, 4.69) is 19.1 Å². The van der Waals surface area contributed by atoms with E-state index in [-0.39, 0.29) is 5.91 Å². The van der Waals surface area contributed by atoms with Crippen LogP contribution in [-0.2, 0) is 0 Å². The minimum atomic E-state index is 0.0798. The van der Waals surface area contributed by atoms with Crippen molar-refractivity contribution >= 4 is 5.91 Å². The minimum absolute atomic E-state index is 0.0798. The summed E-state index contributed by atoms with van der Waals surface area (Å²) < 4.78 is 1.81. The Balaban J connectivity index is 1.82. The number of nitrogens with zero attached hydrogens (tertiary/aromatic N) is 3. The van der Waals surface area contributed by atoms with Crippen LogP contribution in [0.5, 0.6) is 0 Å². The van der Waals surface area contributed by atoms with Gasteiger partial charge in [-0.1, -0.05) is 42.0 Å². The first kappa shape index (κ1) is 15.6. The summed E-state index contributed by atoms with van der Waals surface area (Å²) in [5.41, 5.74) is 4.53. The van der Waals surface area contributed by atoms with Gasteiger partial charge >= 0.3 is 0 Å². The molecule has 0 bridgehead atoms. The Morgan fingerprint density at radius 2 is 1.76 bits per heavy atom. The Bertz CT molecular complexity index is 893. The van der Waals surface area contributed by atoms with Gasteiger partial charge in [-0.3, -0.25) is 4.79 Å². The molecule has 0 spiro atoms. The summed E-state index contributed by atoms with van der Waals surface area (Å²) in [5.74, 6) is 0.0798. The van der Waals surface area contributed by atoms with E-state index in [1.165, 1.54) is 0 Å². The molecule has 1 aromatic heterocycles. The lowest BCUT2D eigenvalue weighted by Gasteiger charge is -2.14. The van der Waals surface area contributed by atoms with Crippen LogP contribution >= 0.6 is 0 Å². The van der Waals surface area contributed by atoms with Crippen LogP contribution in [0.25, 0.3) is 16.9 Å². The highest BCUT2D eigenvalue weighted by Crippen LogP contribution is 2.26. The van der Waals surface area contributed by atoms with Gasteiger partial charge in [-0.15, -0.1) is 0 Å². The van der Waals surface area contributed by atoms with Gasteiger partial charge in [-0.25, -0.2) is 4.68 Å². The minimum Gasteiger partial charge on any atom is -0.339 e. The van der Waals surface area contributed by atoms with Crippen LogP contribution in [0, 0.1) is 6.92 Å². The third-order valence-corrected chi connectivity index (χ3v) is 4.65. The molecule has 1 fully saturated rings. The molecule has 1 saturated heterocycles. The molecule has 0 N–H and O–H groups in total. The van der Waals surface area contributed by atoms with E-state index in [1.807, 2.05) is 53.6 Å². The number of carbonyl (C=O) groups is 1. The summed E-state index contributed by atoms with van der Waals surface area (Å²) in [7, 11) is 0. The van der Waals surface area contributed by atoms with Crippen molar-refractivity contribution in [2.24, 2.45) is 0 Å². The zero-order valence-electron chi connectivity index (χ0n) is 14.4. The van der Waals surface area contributed by atoms with Crippen molar-refractivity contribution < 1.29 is 4.79 Å². The zero-order valence-corrected chi connectivity index (χ0v) is 14.4. The van der Waals surface area contributed by atoms with E-state index in [1.54, 1.807) is 4.68 Å². The molecule has 4 rings (SSSR count). The fourth-order valence-electron chi connectivity index (χ4n) is 3.34. The van der Waals surface area contributed by atoms with Gasteiger partial charge in [0.1, 0.15) is 5.69 Å². The Morgan fingerprint density at radius 1 is 1.00 bits per heavy atom. The number of rotatable bonds is 3. The van der Waals surface area contributed by atoms with Gasteiger partial charge in [-0.05, 0) is 38.0 Å². The van der Waals surface area contributed by atoms with E-state index in [9.17, 15) is 4.79 Å². The van der Waals surface area contributed by atoms with Crippen molar-refractivity contribution in [3.8, 4) is 16.9 Å². The maximum absolute atomic E-state index is 13.0. The fraction of sp³-hybridized carbons (Fsp3) is 0.238. The Labute approximate surface area is 147 Å². The molecule has 2 heterocycles. The van der Waals surface area contributed by atoms with E-state index in [0.717, 1.165) is 48.4 Å². The molecule has 4 heteroatoms. The van der Waals surface area contributed by atoms with Crippen molar-refractivity contribution in [2.45, 2.75) is 19.8 Å². The number of aryl methyl sites for hydroxylation is 1. The van der Waals surface area contributed by atoms with Gasteiger partial charge in [0.15, 0.2) is 0 Å². The second-order valence-corrected chi connectivity index (χ2v) is 6.54. The third-order valence-electron chi connectivity index (χ3n) is 4.65. The van der Waals surface area contributed by atoms with Crippen LogP contribution in [0.4, 0.5) is 0 Å². The third kappa shape index (κ3) is 3.07. The molecule has 4 nitrogen and oxygen atoms in total. The van der Waals surface area contributed by atoms with Crippen LogP contribution in [0.1, 0.15) is 28.8 Å². The molecule has 0 saturated carbocycles. The van der Waals surface area contributed by atoms with Crippen molar-refractivity contribution in [3.05, 3.63) is 71.9 Å². The number of aromatic nitrogens is 2. The number of para-hydroxylation sites is 1. The van der Waals surface area contributed by atoms with Gasteiger partial charge in [0.25, 0.3) is 5.91 Å². The highest BCUT2D eigenvalue weighted by atomic mass is 16.2. The monoisotopic (exact) mass is 331 g/mol. The molecule has 0 unspecified atom stereocenters. The number of hydrogen-bond acceptors (Lipinski definition) is 2. The molecular formula is C21H21N3O. The molecule has 126 valence electrons. The first-order valence-corrected chi connectivity index (χ1v) is 8.74. The van der Waals surface area contributed by atoms with Gasteiger partial charge in [0.05, 0.1) is 11.3 Å². The van der Waals surface area contributed by atoms with E-state index in [0.29, 0.717) is 5.56 Å². The number of amides is 1. The highest BCUT2D eigenvalue weighted by molar-refractivity contribution is 6.00. The van der Waals surface area contributed by atoms with Gasteiger partial charge in [0, 0.05) is 24.8 Å². The zero-order chi connectivity index (χ0) is 17.2. The Morgan fingerprint density at radius 3 is 2.48 bits per heavy atom. The van der Waals surface area contributed by atoms with Crippen molar-refractivity contribution in [2.75, 3.05) is 13.1 Å². The molecule has 3 aromatic rings. The summed E-state index contributed by atoms with van der Waals surface area (Å²) >= 11 is 0. The Kier molecular flexibility index (Phi) is 4.10. The molecule has 1 aliphatic rings. The molecule has 0 atom stereocenters. The summed E-state index contributed by atoms with van der Waals surface area (Å²) in [4.78, 5) is 15.0. The highest BCUT2D eigenvalue weighted by Gasteiger charge is 2.25. The van der Waals surface area contributed by atoms with Gasteiger partial charge in [-0.2, -0.15) is 5.10 Å². The summed E-state index contributed by atoms with van der Waals surface area (Å²) in [6.07, 6.45) is 4.03. The van der Waals surface area contributed by atoms with Crippen LogP contribution in [-0.4, -0.2) is 33.7 Å². The average Bonchev–Trinajstić information content (AvgIpc) is 3.32. The van der Waals surface area contributed by atoms with Crippen LogP contribution in [0.15, 0.2) is 60.8 Å². The molecule has 1 amide bonds. The lowest BCUT2D eigenvalue weighted by Crippen LogP contribution is -2.27. The van der Waals surface area contributed by atoms with Crippen LogP contribution in [0.3, 0.4) is 0 Å². The van der Waals surface area contributed by atoms with Crippen molar-refractivity contribution in [1.29, 1.82) is 0 Å². The van der Waals surface area contributed by atoms with Gasteiger partial charge in [0.2, 0.25) is 0 Å². The maximum Gasteiger partial charge on any atom is 0.257 e. The first-order chi connectivity index (χ1) is 12.2. The number of likely N-dealkylation sites (tertiary alicyclic amines) is 1. The predicted octanol–water partition coefficient (Wildman–Crippen LogP) is 4.08. The van der Waals surface area contributed by atoms with Crippen molar-refractivity contribution in [3.63, 3.8) is 0 Å². The van der Waals surface area contributed by atoms with Crippen LogP contribution < -0.4 is 0 Å². The van der Waals surface area contributed by atoms with Gasteiger partial charge < -0.3 is 4.90 Å². The largest absolute Gasteiger partial charge is 0.339 e. The summed E-state index contributed by atoms with van der Waals surface area (Å²) in [5, 5.41) is 4.75. The molecule has 0 aliphatic carbocycles. The molecular weight excluding hydrogens is 310 g/mol.